The summed E-state index contributed by atoms with van der Waals surface area (Å²) < 4.78 is 31.3. The van der Waals surface area contributed by atoms with Crippen molar-refractivity contribution in [3.63, 3.8) is 0 Å². The molecule has 0 aliphatic heterocycles. The number of rotatable bonds is 13. The molecule has 1 atom stereocenters. The van der Waals surface area contributed by atoms with Gasteiger partial charge in [0, 0.05) is 41.2 Å². The Morgan fingerprint density at radius 2 is 1.65 bits per heavy atom. The summed E-state index contributed by atoms with van der Waals surface area (Å²) in [5, 5.41) is 3.66. The molecule has 204 valence electrons. The average Bonchev–Trinajstić information content (AvgIpc) is 2.82. The van der Waals surface area contributed by atoms with Gasteiger partial charge in [-0.2, -0.15) is 0 Å². The maximum Gasteiger partial charge on any atom is 0.243 e. The molecule has 0 fully saturated rings. The lowest BCUT2D eigenvalue weighted by Gasteiger charge is -2.32. The normalized spacial score (nSPS) is 12.2. The average molecular weight is 573 g/mol. The molecule has 11 heteroatoms. The highest BCUT2D eigenvalue weighted by Gasteiger charge is 2.30. The number of nitrogens with one attached hydrogen (secondary N) is 1. The van der Waals surface area contributed by atoms with Gasteiger partial charge in [-0.05, 0) is 63.1 Å². The smallest absolute Gasteiger partial charge is 0.243 e. The standard InChI is InChI=1S/C26H35Cl2N3O5S/c1-6-24(26(33)29-18(2)3)30(17-21-22(27)9-7-10-23(21)28)25(32)11-8-16-31(37(5,34)35)19-12-14-20(36-4)15-13-19/h7,9-10,12-15,18,24H,6,8,11,16-17H2,1-5H3,(H,29,33)/t24-/m0/s1. The number of halogens is 2. The first-order valence-electron chi connectivity index (χ1n) is 12.0. The second kappa shape index (κ2) is 13.9. The Balaban J connectivity index is 2.26. The monoisotopic (exact) mass is 571 g/mol. The van der Waals surface area contributed by atoms with Gasteiger partial charge in [-0.15, -0.1) is 0 Å². The molecule has 8 nitrogen and oxygen atoms in total. The lowest BCUT2D eigenvalue weighted by Crippen LogP contribution is -2.50. The van der Waals surface area contributed by atoms with E-state index in [9.17, 15) is 18.0 Å². The summed E-state index contributed by atoms with van der Waals surface area (Å²) in [4.78, 5) is 27.9. The van der Waals surface area contributed by atoms with Crippen molar-refractivity contribution in [3.05, 3.63) is 58.1 Å². The van der Waals surface area contributed by atoms with Crippen LogP contribution in [0.3, 0.4) is 0 Å². The Morgan fingerprint density at radius 3 is 2.14 bits per heavy atom. The second-order valence-corrected chi connectivity index (χ2v) is 11.7. The quantitative estimate of drug-likeness (QED) is 0.369. The van der Waals surface area contributed by atoms with E-state index < -0.39 is 16.1 Å². The lowest BCUT2D eigenvalue weighted by atomic mass is 10.1. The maximum absolute atomic E-state index is 13.5. The first-order valence-corrected chi connectivity index (χ1v) is 14.6. The predicted octanol–water partition coefficient (Wildman–Crippen LogP) is 4.88. The number of benzene rings is 2. The molecule has 2 aromatic carbocycles. The van der Waals surface area contributed by atoms with E-state index in [-0.39, 0.29) is 43.8 Å². The number of amides is 2. The zero-order chi connectivity index (χ0) is 27.8. The third-order valence-corrected chi connectivity index (χ3v) is 7.62. The third-order valence-electron chi connectivity index (χ3n) is 5.72. The lowest BCUT2D eigenvalue weighted by molar-refractivity contribution is -0.141. The van der Waals surface area contributed by atoms with Crippen LogP contribution in [0.25, 0.3) is 0 Å². The first-order chi connectivity index (χ1) is 17.4. The van der Waals surface area contributed by atoms with Gasteiger partial charge in [-0.3, -0.25) is 13.9 Å². The van der Waals surface area contributed by atoms with Crippen molar-refractivity contribution in [3.8, 4) is 5.75 Å². The van der Waals surface area contributed by atoms with Crippen LogP contribution >= 0.6 is 23.2 Å². The molecule has 0 bridgehead atoms. The van der Waals surface area contributed by atoms with Crippen LogP contribution in [0.2, 0.25) is 10.0 Å². The van der Waals surface area contributed by atoms with Crippen molar-refractivity contribution < 1.29 is 22.7 Å². The Bertz CT molecular complexity index is 1150. The first kappa shape index (κ1) is 30.7. The number of hydrogen-bond acceptors (Lipinski definition) is 5. The number of sulfonamides is 1. The number of ether oxygens (including phenoxy) is 1. The van der Waals surface area contributed by atoms with Gasteiger partial charge in [0.25, 0.3) is 0 Å². The molecule has 0 aromatic heterocycles. The minimum atomic E-state index is -3.59. The van der Waals surface area contributed by atoms with E-state index in [0.29, 0.717) is 33.5 Å². The molecule has 1 N–H and O–H groups in total. The number of nitrogens with zero attached hydrogens (tertiary/aromatic N) is 2. The van der Waals surface area contributed by atoms with E-state index in [1.54, 1.807) is 42.5 Å². The molecule has 2 amide bonds. The minimum absolute atomic E-state index is 0.0235. The number of methoxy groups -OCH3 is 1. The summed E-state index contributed by atoms with van der Waals surface area (Å²) in [6.07, 6.45) is 1.77. The zero-order valence-electron chi connectivity index (χ0n) is 21.8. The number of anilines is 1. The van der Waals surface area contributed by atoms with Crippen molar-refractivity contribution in [2.24, 2.45) is 0 Å². The summed E-state index contributed by atoms with van der Waals surface area (Å²) in [6.45, 7) is 5.66. The highest BCUT2D eigenvalue weighted by molar-refractivity contribution is 7.92. The Morgan fingerprint density at radius 1 is 1.05 bits per heavy atom. The Labute approximate surface area is 229 Å². The van der Waals surface area contributed by atoms with Crippen LogP contribution in [-0.2, 0) is 26.2 Å². The molecule has 0 radical (unpaired) electrons. The molecule has 37 heavy (non-hydrogen) atoms. The SMILES string of the molecule is CC[C@@H](C(=O)NC(C)C)N(Cc1c(Cl)cccc1Cl)C(=O)CCCN(c1ccc(OC)cc1)S(C)(=O)=O. The summed E-state index contributed by atoms with van der Waals surface area (Å²) in [7, 11) is -2.07. The molecular weight excluding hydrogens is 537 g/mol. The molecule has 0 saturated heterocycles. The number of hydrogen-bond donors (Lipinski definition) is 1. The van der Waals surface area contributed by atoms with Gasteiger partial charge >= 0.3 is 0 Å². The van der Waals surface area contributed by atoms with Crippen molar-refractivity contribution >= 4 is 50.7 Å². The summed E-state index contributed by atoms with van der Waals surface area (Å²) in [5.41, 5.74) is 1.02. The summed E-state index contributed by atoms with van der Waals surface area (Å²) in [6, 6.07) is 10.9. The predicted molar refractivity (Wildman–Crippen MR) is 149 cm³/mol. The maximum atomic E-state index is 13.5. The molecule has 0 unspecified atom stereocenters. The van der Waals surface area contributed by atoms with Crippen LogP contribution in [0.5, 0.6) is 5.75 Å². The van der Waals surface area contributed by atoms with Gasteiger partial charge in [-0.25, -0.2) is 8.42 Å². The van der Waals surface area contributed by atoms with E-state index in [1.807, 2.05) is 20.8 Å². The van der Waals surface area contributed by atoms with Crippen LogP contribution in [0, 0.1) is 0 Å². The van der Waals surface area contributed by atoms with Crippen molar-refractivity contribution in [2.75, 3.05) is 24.2 Å². The fraction of sp³-hybridized carbons (Fsp3) is 0.462. The van der Waals surface area contributed by atoms with Gasteiger partial charge in [0.05, 0.1) is 19.1 Å². The molecule has 0 aliphatic rings. The summed E-state index contributed by atoms with van der Waals surface area (Å²) >= 11 is 12.7. The van der Waals surface area contributed by atoms with Gasteiger partial charge in [0.1, 0.15) is 11.8 Å². The van der Waals surface area contributed by atoms with Gasteiger partial charge in [0.2, 0.25) is 21.8 Å². The molecule has 0 saturated carbocycles. The zero-order valence-corrected chi connectivity index (χ0v) is 24.2. The van der Waals surface area contributed by atoms with E-state index in [2.05, 4.69) is 5.32 Å². The van der Waals surface area contributed by atoms with Gasteiger partial charge in [0.15, 0.2) is 0 Å². The van der Waals surface area contributed by atoms with Crippen molar-refractivity contribution in [1.29, 1.82) is 0 Å². The Hall–Kier alpha value is -2.49. The third kappa shape index (κ3) is 8.79. The summed E-state index contributed by atoms with van der Waals surface area (Å²) in [5.74, 6) is 0.0291. The highest BCUT2D eigenvalue weighted by atomic mass is 35.5. The number of carbonyl (C=O) groups is 2. The molecule has 0 spiro atoms. The van der Waals surface area contributed by atoms with Crippen LogP contribution in [0.1, 0.15) is 45.6 Å². The fourth-order valence-corrected chi connectivity index (χ4v) is 5.39. The topological polar surface area (TPSA) is 96.0 Å². The van der Waals surface area contributed by atoms with Gasteiger partial charge in [-0.1, -0.05) is 36.2 Å². The highest BCUT2D eigenvalue weighted by Crippen LogP contribution is 2.28. The fourth-order valence-electron chi connectivity index (χ4n) is 3.91. The van der Waals surface area contributed by atoms with Crippen LogP contribution in [0.4, 0.5) is 5.69 Å². The molecule has 2 rings (SSSR count). The minimum Gasteiger partial charge on any atom is -0.497 e. The van der Waals surface area contributed by atoms with E-state index in [4.69, 9.17) is 27.9 Å². The largest absolute Gasteiger partial charge is 0.497 e. The van der Waals surface area contributed by atoms with E-state index in [0.717, 1.165) is 6.26 Å². The molecule has 0 aliphatic carbocycles. The molecule has 0 heterocycles. The second-order valence-electron chi connectivity index (χ2n) is 8.95. The van der Waals surface area contributed by atoms with Gasteiger partial charge < -0.3 is 15.0 Å². The molecular formula is C26H35Cl2N3O5S. The van der Waals surface area contributed by atoms with E-state index >= 15 is 0 Å². The van der Waals surface area contributed by atoms with Crippen molar-refractivity contribution in [2.45, 2.75) is 58.7 Å². The number of carbonyl (C=O) groups excluding carboxylic acids is 2. The van der Waals surface area contributed by atoms with Crippen molar-refractivity contribution in [1.82, 2.24) is 10.2 Å². The van der Waals surface area contributed by atoms with Crippen LogP contribution < -0.4 is 14.4 Å². The Kier molecular flexibility index (Phi) is 11.5. The van der Waals surface area contributed by atoms with Crippen LogP contribution in [0.15, 0.2) is 42.5 Å². The van der Waals surface area contributed by atoms with Crippen LogP contribution in [-0.4, -0.2) is 57.1 Å². The van der Waals surface area contributed by atoms with E-state index in [1.165, 1.54) is 16.3 Å². The molecule has 2 aromatic rings.